The maximum atomic E-state index is 11.2. The number of rotatable bonds is 1. The molecule has 0 bridgehead atoms. The standard InChI is InChI=1S/C10H7ClN2O2/c1-5(14)9-7-3-2-6(11)4-8(7)12-10(15)13-9/h2-4H,1H3,(H,12,13,15). The van der Waals surface area contributed by atoms with E-state index in [1.807, 2.05) is 0 Å². The Hall–Kier alpha value is -1.68. The number of nitrogens with one attached hydrogen (secondary N) is 1. The second-order valence-corrected chi connectivity index (χ2v) is 3.57. The number of nitrogens with zero attached hydrogens (tertiary/aromatic N) is 1. The fourth-order valence-corrected chi connectivity index (χ4v) is 1.57. The van der Waals surface area contributed by atoms with Gasteiger partial charge in [0.05, 0.1) is 5.52 Å². The molecule has 0 radical (unpaired) electrons. The van der Waals surface area contributed by atoms with E-state index in [2.05, 4.69) is 9.97 Å². The topological polar surface area (TPSA) is 62.8 Å². The van der Waals surface area contributed by atoms with E-state index in [1.54, 1.807) is 18.2 Å². The molecule has 5 heteroatoms. The Morgan fingerprint density at radius 2 is 2.20 bits per heavy atom. The van der Waals surface area contributed by atoms with Gasteiger partial charge in [0.1, 0.15) is 5.69 Å². The largest absolute Gasteiger partial charge is 0.346 e. The summed E-state index contributed by atoms with van der Waals surface area (Å²) in [6, 6.07) is 4.90. The van der Waals surface area contributed by atoms with E-state index in [0.717, 1.165) is 0 Å². The molecule has 0 aliphatic rings. The molecule has 1 heterocycles. The Labute approximate surface area is 89.9 Å². The lowest BCUT2D eigenvalue weighted by atomic mass is 10.1. The Morgan fingerprint density at radius 3 is 2.87 bits per heavy atom. The molecule has 0 saturated heterocycles. The monoisotopic (exact) mass is 222 g/mol. The normalized spacial score (nSPS) is 10.5. The van der Waals surface area contributed by atoms with Crippen LogP contribution in [0.4, 0.5) is 0 Å². The Bertz CT molecular complexity index is 604. The fraction of sp³-hybridized carbons (Fsp3) is 0.100. The number of Topliss-reactive ketones (excluding diaryl/α,β-unsaturated/α-hetero) is 1. The number of benzene rings is 1. The summed E-state index contributed by atoms with van der Waals surface area (Å²) >= 11 is 5.78. The van der Waals surface area contributed by atoms with E-state index >= 15 is 0 Å². The molecule has 0 saturated carbocycles. The molecule has 0 aliphatic carbocycles. The summed E-state index contributed by atoms with van der Waals surface area (Å²) in [6.07, 6.45) is 0. The minimum absolute atomic E-state index is 0.172. The number of hydrogen-bond acceptors (Lipinski definition) is 3. The molecule has 4 nitrogen and oxygen atoms in total. The highest BCUT2D eigenvalue weighted by atomic mass is 35.5. The minimum atomic E-state index is -0.546. The highest BCUT2D eigenvalue weighted by Crippen LogP contribution is 2.18. The highest BCUT2D eigenvalue weighted by molar-refractivity contribution is 6.31. The van der Waals surface area contributed by atoms with E-state index in [-0.39, 0.29) is 11.5 Å². The molecular weight excluding hydrogens is 216 g/mol. The molecule has 2 aromatic rings. The van der Waals surface area contributed by atoms with Crippen LogP contribution in [0.3, 0.4) is 0 Å². The molecule has 15 heavy (non-hydrogen) atoms. The predicted octanol–water partition coefficient (Wildman–Crippen LogP) is 1.78. The molecule has 2 rings (SSSR count). The van der Waals surface area contributed by atoms with Crippen molar-refractivity contribution < 1.29 is 4.79 Å². The van der Waals surface area contributed by atoms with Gasteiger partial charge in [0.25, 0.3) is 0 Å². The van der Waals surface area contributed by atoms with Crippen molar-refractivity contribution >= 4 is 28.3 Å². The molecule has 1 aromatic heterocycles. The van der Waals surface area contributed by atoms with Crippen LogP contribution in [0.5, 0.6) is 0 Å². The van der Waals surface area contributed by atoms with Crippen molar-refractivity contribution in [2.75, 3.05) is 0 Å². The molecule has 1 N–H and O–H groups in total. The van der Waals surface area contributed by atoms with Crippen molar-refractivity contribution in [2.45, 2.75) is 6.92 Å². The van der Waals surface area contributed by atoms with Gasteiger partial charge in [0.2, 0.25) is 0 Å². The molecule has 0 atom stereocenters. The van der Waals surface area contributed by atoms with Gasteiger partial charge in [-0.05, 0) is 18.2 Å². The van der Waals surface area contributed by atoms with Gasteiger partial charge in [0, 0.05) is 17.3 Å². The highest BCUT2D eigenvalue weighted by Gasteiger charge is 2.09. The predicted molar refractivity (Wildman–Crippen MR) is 57.4 cm³/mol. The Morgan fingerprint density at radius 1 is 1.47 bits per heavy atom. The van der Waals surface area contributed by atoms with Gasteiger partial charge in [-0.25, -0.2) is 4.79 Å². The second-order valence-electron chi connectivity index (χ2n) is 3.14. The lowest BCUT2D eigenvalue weighted by Crippen LogP contribution is -2.15. The van der Waals surface area contributed by atoms with Crippen LogP contribution in [0.2, 0.25) is 5.02 Å². The van der Waals surface area contributed by atoms with Crippen LogP contribution in [-0.4, -0.2) is 15.8 Å². The van der Waals surface area contributed by atoms with Crippen molar-refractivity contribution in [3.8, 4) is 0 Å². The van der Waals surface area contributed by atoms with E-state index in [0.29, 0.717) is 15.9 Å². The number of carbonyl (C=O) groups excluding carboxylic acids is 1. The van der Waals surface area contributed by atoms with Crippen LogP contribution in [-0.2, 0) is 0 Å². The van der Waals surface area contributed by atoms with E-state index < -0.39 is 5.69 Å². The van der Waals surface area contributed by atoms with Crippen LogP contribution in [0.25, 0.3) is 10.9 Å². The van der Waals surface area contributed by atoms with Gasteiger partial charge in [-0.1, -0.05) is 11.6 Å². The maximum Gasteiger partial charge on any atom is 0.346 e. The van der Waals surface area contributed by atoms with Crippen molar-refractivity contribution in [1.29, 1.82) is 0 Å². The maximum absolute atomic E-state index is 11.2. The van der Waals surface area contributed by atoms with Crippen LogP contribution in [0.15, 0.2) is 23.0 Å². The summed E-state index contributed by atoms with van der Waals surface area (Å²) in [5.41, 5.74) is 0.146. The first-order chi connectivity index (χ1) is 7.08. The second kappa shape index (κ2) is 3.47. The SMILES string of the molecule is CC(=O)c1nc(=O)[nH]c2cc(Cl)ccc12. The van der Waals surface area contributed by atoms with Crippen molar-refractivity contribution in [3.05, 3.63) is 39.4 Å². The first kappa shape index (κ1) is 9.86. The first-order valence-electron chi connectivity index (χ1n) is 4.28. The van der Waals surface area contributed by atoms with Crippen LogP contribution in [0.1, 0.15) is 17.4 Å². The third-order valence-corrected chi connectivity index (χ3v) is 2.26. The molecule has 0 spiro atoms. The summed E-state index contributed by atoms with van der Waals surface area (Å²) in [5, 5.41) is 1.10. The molecule has 0 unspecified atom stereocenters. The van der Waals surface area contributed by atoms with Crippen LogP contribution in [0, 0.1) is 0 Å². The quantitative estimate of drug-likeness (QED) is 0.748. The average Bonchev–Trinajstić information content (AvgIpc) is 2.15. The number of halogens is 1. The lowest BCUT2D eigenvalue weighted by molar-refractivity contribution is 0.101. The minimum Gasteiger partial charge on any atom is -0.305 e. The summed E-state index contributed by atoms with van der Waals surface area (Å²) in [4.78, 5) is 28.6. The summed E-state index contributed by atoms with van der Waals surface area (Å²) in [6.45, 7) is 1.37. The van der Waals surface area contributed by atoms with Gasteiger partial charge >= 0.3 is 5.69 Å². The van der Waals surface area contributed by atoms with Gasteiger partial charge in [-0.3, -0.25) is 4.79 Å². The van der Waals surface area contributed by atoms with Gasteiger partial charge < -0.3 is 4.98 Å². The zero-order chi connectivity index (χ0) is 11.0. The van der Waals surface area contributed by atoms with Crippen molar-refractivity contribution in [1.82, 2.24) is 9.97 Å². The summed E-state index contributed by atoms with van der Waals surface area (Å²) in [5.74, 6) is -0.242. The molecule has 0 amide bonds. The third-order valence-electron chi connectivity index (χ3n) is 2.03. The van der Waals surface area contributed by atoms with Crippen molar-refractivity contribution in [2.24, 2.45) is 0 Å². The summed E-state index contributed by atoms with van der Waals surface area (Å²) < 4.78 is 0. The van der Waals surface area contributed by atoms with Crippen LogP contribution < -0.4 is 5.69 Å². The van der Waals surface area contributed by atoms with Gasteiger partial charge in [-0.15, -0.1) is 0 Å². The number of carbonyl (C=O) groups is 1. The van der Waals surface area contributed by atoms with E-state index in [1.165, 1.54) is 6.92 Å². The molecule has 1 aromatic carbocycles. The number of aromatic nitrogens is 2. The van der Waals surface area contributed by atoms with Gasteiger partial charge in [-0.2, -0.15) is 4.98 Å². The zero-order valence-corrected chi connectivity index (χ0v) is 8.63. The van der Waals surface area contributed by atoms with E-state index in [4.69, 9.17) is 11.6 Å². The third kappa shape index (κ3) is 1.76. The van der Waals surface area contributed by atoms with Crippen LogP contribution >= 0.6 is 11.6 Å². The fourth-order valence-electron chi connectivity index (χ4n) is 1.40. The molecule has 0 aliphatic heterocycles. The summed E-state index contributed by atoms with van der Waals surface area (Å²) in [7, 11) is 0. The number of fused-ring (bicyclic) bond motifs is 1. The smallest absolute Gasteiger partial charge is 0.305 e. The first-order valence-corrected chi connectivity index (χ1v) is 4.66. The molecule has 0 fully saturated rings. The number of H-pyrrole nitrogens is 1. The molecule has 76 valence electrons. The average molecular weight is 223 g/mol. The Balaban J connectivity index is 2.92. The number of aromatic amines is 1. The number of ketones is 1. The lowest BCUT2D eigenvalue weighted by Gasteiger charge is -2.01. The zero-order valence-electron chi connectivity index (χ0n) is 7.87. The molecular formula is C10H7ClN2O2. The number of hydrogen-bond donors (Lipinski definition) is 1. The Kier molecular flexibility index (Phi) is 2.28. The van der Waals surface area contributed by atoms with E-state index in [9.17, 15) is 9.59 Å². The van der Waals surface area contributed by atoms with Crippen molar-refractivity contribution in [3.63, 3.8) is 0 Å². The van der Waals surface area contributed by atoms with Gasteiger partial charge in [0.15, 0.2) is 5.78 Å².